The molecule has 1 atom stereocenters. The zero-order valence-corrected chi connectivity index (χ0v) is 21.8. The van der Waals surface area contributed by atoms with E-state index in [0.717, 1.165) is 34.4 Å². The number of carbonyl (C=O) groups excluding carboxylic acids is 1. The van der Waals surface area contributed by atoms with Crippen LogP contribution in [0.2, 0.25) is 0 Å². The summed E-state index contributed by atoms with van der Waals surface area (Å²) in [5.74, 6) is 0.392. The number of aromatic nitrogens is 5. The van der Waals surface area contributed by atoms with Crippen LogP contribution in [0.4, 0.5) is 5.82 Å². The van der Waals surface area contributed by atoms with Crippen molar-refractivity contribution in [2.75, 3.05) is 32.0 Å². The van der Waals surface area contributed by atoms with Gasteiger partial charge in [-0.1, -0.05) is 13.0 Å². The SMILES string of the molecule is CC(CO)(CO)C(O)N1CCC(c2nc3c(-c4ccc(-c5cccnc5)nc4)cnn3c(N)c2CC=O)CC1. The van der Waals surface area contributed by atoms with Crippen LogP contribution in [0.3, 0.4) is 0 Å². The number of piperidine rings is 1. The second kappa shape index (κ2) is 11.1. The molecule has 0 aliphatic carbocycles. The fourth-order valence-electron chi connectivity index (χ4n) is 5.21. The van der Waals surface area contributed by atoms with E-state index in [1.54, 1.807) is 36.2 Å². The van der Waals surface area contributed by atoms with Crippen LogP contribution in [-0.4, -0.2) is 83.6 Å². The van der Waals surface area contributed by atoms with Gasteiger partial charge < -0.3 is 25.8 Å². The van der Waals surface area contributed by atoms with Crippen LogP contribution in [-0.2, 0) is 11.2 Å². The first kappa shape index (κ1) is 26.8. The molecule has 1 unspecified atom stereocenters. The molecule has 11 nitrogen and oxygen atoms in total. The van der Waals surface area contributed by atoms with Gasteiger partial charge in [-0.25, -0.2) is 4.98 Å². The van der Waals surface area contributed by atoms with Gasteiger partial charge in [0.1, 0.15) is 18.3 Å². The number of nitrogen functional groups attached to an aromatic ring is 1. The number of nitrogens with zero attached hydrogens (tertiary/aromatic N) is 6. The summed E-state index contributed by atoms with van der Waals surface area (Å²) in [7, 11) is 0. The fourth-order valence-corrected chi connectivity index (χ4v) is 5.21. The predicted octanol–water partition coefficient (Wildman–Crippen LogP) is 1.67. The molecule has 4 aromatic rings. The van der Waals surface area contributed by atoms with E-state index < -0.39 is 11.6 Å². The average Bonchev–Trinajstić information content (AvgIpc) is 3.42. The summed E-state index contributed by atoms with van der Waals surface area (Å²) in [4.78, 5) is 27.2. The molecule has 0 aromatic carbocycles. The van der Waals surface area contributed by atoms with E-state index in [1.165, 1.54) is 0 Å². The molecule has 0 bridgehead atoms. The van der Waals surface area contributed by atoms with Crippen molar-refractivity contribution in [2.24, 2.45) is 5.41 Å². The summed E-state index contributed by atoms with van der Waals surface area (Å²) in [6, 6.07) is 7.70. The largest absolute Gasteiger partial charge is 0.396 e. The number of aliphatic hydroxyl groups is 3. The highest BCUT2D eigenvalue weighted by molar-refractivity contribution is 5.79. The summed E-state index contributed by atoms with van der Waals surface area (Å²) in [5, 5.41) is 34.7. The van der Waals surface area contributed by atoms with Crippen LogP contribution < -0.4 is 5.73 Å². The van der Waals surface area contributed by atoms with Gasteiger partial charge in [-0.05, 0) is 31.0 Å². The Balaban J connectivity index is 1.46. The number of pyridine rings is 2. The summed E-state index contributed by atoms with van der Waals surface area (Å²) in [6.07, 6.45) is 8.26. The van der Waals surface area contributed by atoms with E-state index in [4.69, 9.17) is 10.7 Å². The highest BCUT2D eigenvalue weighted by Crippen LogP contribution is 2.36. The molecule has 1 saturated heterocycles. The Labute approximate surface area is 226 Å². The maximum Gasteiger partial charge on any atom is 0.165 e. The normalized spacial score (nSPS) is 16.0. The highest BCUT2D eigenvalue weighted by atomic mass is 16.3. The number of carbonyl (C=O) groups is 1. The van der Waals surface area contributed by atoms with Crippen LogP contribution in [0.1, 0.15) is 36.9 Å². The van der Waals surface area contributed by atoms with Gasteiger partial charge >= 0.3 is 0 Å². The fraction of sp³-hybridized carbons (Fsp3) is 0.393. The van der Waals surface area contributed by atoms with Crippen LogP contribution in [0.25, 0.3) is 28.0 Å². The van der Waals surface area contributed by atoms with Crippen molar-refractivity contribution < 1.29 is 20.1 Å². The predicted molar refractivity (Wildman–Crippen MR) is 145 cm³/mol. The molecule has 39 heavy (non-hydrogen) atoms. The monoisotopic (exact) mass is 531 g/mol. The number of nitrogens with two attached hydrogens (primary N) is 1. The number of rotatable bonds is 9. The lowest BCUT2D eigenvalue weighted by Crippen LogP contribution is -2.52. The summed E-state index contributed by atoms with van der Waals surface area (Å²) in [5.41, 5.74) is 10.9. The van der Waals surface area contributed by atoms with Crippen molar-refractivity contribution in [2.45, 2.75) is 38.3 Å². The van der Waals surface area contributed by atoms with Crippen LogP contribution in [0, 0.1) is 5.41 Å². The molecule has 11 heteroatoms. The Kier molecular flexibility index (Phi) is 7.67. The van der Waals surface area contributed by atoms with Crippen molar-refractivity contribution in [1.82, 2.24) is 29.5 Å². The molecule has 204 valence electrons. The molecule has 0 amide bonds. The van der Waals surface area contributed by atoms with E-state index >= 15 is 0 Å². The molecular weight excluding hydrogens is 498 g/mol. The first-order chi connectivity index (χ1) is 18.9. The van der Waals surface area contributed by atoms with Gasteiger partial charge in [0.05, 0.1) is 36.2 Å². The van der Waals surface area contributed by atoms with Gasteiger partial charge in [0, 0.05) is 66.3 Å². The lowest BCUT2D eigenvalue weighted by Gasteiger charge is -2.42. The smallest absolute Gasteiger partial charge is 0.165 e. The number of aliphatic hydroxyl groups excluding tert-OH is 3. The lowest BCUT2D eigenvalue weighted by molar-refractivity contribution is -0.129. The van der Waals surface area contributed by atoms with Gasteiger partial charge in [-0.15, -0.1) is 0 Å². The molecule has 0 spiro atoms. The van der Waals surface area contributed by atoms with Crippen molar-refractivity contribution in [1.29, 1.82) is 0 Å². The quantitative estimate of drug-likeness (QED) is 0.234. The standard InChI is InChI=1S/C28H33N7O4/c1-28(16-37,17-38)27(39)34-10-6-18(7-11-34)24-21(8-12-36)25(29)35-26(33-24)22(15-32-35)19-4-5-23(31-14-19)20-3-2-9-30-13-20/h2-5,9,12-15,18,27,37-39H,6-8,10-11,16-17,29H2,1H3. The maximum absolute atomic E-state index is 11.6. The number of fused-ring (bicyclic) bond motifs is 1. The summed E-state index contributed by atoms with van der Waals surface area (Å²) in [6.45, 7) is 2.08. The Bertz CT molecular complexity index is 1430. The molecule has 1 aliphatic rings. The van der Waals surface area contributed by atoms with Gasteiger partial charge in [0.15, 0.2) is 5.65 Å². The molecule has 5 heterocycles. The zero-order valence-electron chi connectivity index (χ0n) is 21.8. The first-order valence-corrected chi connectivity index (χ1v) is 13.0. The van der Waals surface area contributed by atoms with E-state index in [1.807, 2.05) is 29.2 Å². The molecule has 0 saturated carbocycles. The topological polar surface area (TPSA) is 163 Å². The van der Waals surface area contributed by atoms with E-state index in [-0.39, 0.29) is 25.6 Å². The molecule has 1 aliphatic heterocycles. The minimum Gasteiger partial charge on any atom is -0.396 e. The average molecular weight is 532 g/mol. The van der Waals surface area contributed by atoms with Gasteiger partial charge in [-0.3, -0.25) is 14.9 Å². The second-order valence-electron chi connectivity index (χ2n) is 10.4. The Morgan fingerprint density at radius 1 is 1.13 bits per heavy atom. The minimum absolute atomic E-state index is 0.0130. The van der Waals surface area contributed by atoms with Crippen molar-refractivity contribution in [3.8, 4) is 22.4 Å². The third-order valence-corrected chi connectivity index (χ3v) is 7.74. The van der Waals surface area contributed by atoms with Crippen LogP contribution >= 0.6 is 0 Å². The molecular formula is C28H33N7O4. The van der Waals surface area contributed by atoms with Gasteiger partial charge in [-0.2, -0.15) is 9.61 Å². The number of likely N-dealkylation sites (tertiary alicyclic amines) is 1. The van der Waals surface area contributed by atoms with Gasteiger partial charge in [0.2, 0.25) is 0 Å². The Morgan fingerprint density at radius 2 is 1.90 bits per heavy atom. The first-order valence-electron chi connectivity index (χ1n) is 13.0. The summed E-state index contributed by atoms with van der Waals surface area (Å²) >= 11 is 0. The Hall–Kier alpha value is -3.77. The van der Waals surface area contributed by atoms with E-state index in [2.05, 4.69) is 15.1 Å². The summed E-state index contributed by atoms with van der Waals surface area (Å²) < 4.78 is 1.57. The van der Waals surface area contributed by atoms with Crippen LogP contribution in [0.5, 0.6) is 0 Å². The Morgan fingerprint density at radius 3 is 2.51 bits per heavy atom. The number of anilines is 1. The van der Waals surface area contributed by atoms with Crippen LogP contribution in [0.15, 0.2) is 49.1 Å². The molecule has 0 radical (unpaired) electrons. The molecule has 5 rings (SSSR count). The minimum atomic E-state index is -1.02. The zero-order chi connectivity index (χ0) is 27.6. The van der Waals surface area contributed by atoms with Gasteiger partial charge in [0.25, 0.3) is 0 Å². The van der Waals surface area contributed by atoms with E-state index in [0.29, 0.717) is 43.0 Å². The number of aldehydes is 1. The highest BCUT2D eigenvalue weighted by Gasteiger charge is 2.38. The third kappa shape index (κ3) is 5.01. The van der Waals surface area contributed by atoms with Crippen molar-refractivity contribution in [3.63, 3.8) is 0 Å². The number of hydrogen-bond donors (Lipinski definition) is 4. The second-order valence-corrected chi connectivity index (χ2v) is 10.4. The number of hydrogen-bond acceptors (Lipinski definition) is 10. The maximum atomic E-state index is 11.6. The van der Waals surface area contributed by atoms with Crippen molar-refractivity contribution >= 4 is 17.8 Å². The lowest BCUT2D eigenvalue weighted by atomic mass is 9.85. The molecule has 4 aromatic heterocycles. The van der Waals surface area contributed by atoms with E-state index in [9.17, 15) is 20.1 Å². The molecule has 5 N–H and O–H groups in total. The van der Waals surface area contributed by atoms with Crippen molar-refractivity contribution in [3.05, 3.63) is 60.3 Å². The third-order valence-electron chi connectivity index (χ3n) is 7.74. The molecule has 1 fully saturated rings.